The zero-order valence-corrected chi connectivity index (χ0v) is 15.4. The fraction of sp³-hybridized carbons (Fsp3) is 0.350. The molecule has 0 fully saturated rings. The first-order valence-electron chi connectivity index (χ1n) is 8.68. The molecule has 2 N–H and O–H groups in total. The van der Waals surface area contributed by atoms with E-state index in [4.69, 9.17) is 14.2 Å². The second-order valence-electron chi connectivity index (χ2n) is 6.56. The summed E-state index contributed by atoms with van der Waals surface area (Å²) in [6, 6.07) is 13.6. The van der Waals surface area contributed by atoms with Crippen LogP contribution in [0.25, 0.3) is 0 Å². The number of methoxy groups -OCH3 is 1. The number of hydrogen-bond acceptors (Lipinski definition) is 4. The summed E-state index contributed by atoms with van der Waals surface area (Å²) in [6.45, 7) is 3.39. The van der Waals surface area contributed by atoms with Crippen LogP contribution in [0.3, 0.4) is 0 Å². The highest BCUT2D eigenvalue weighted by molar-refractivity contribution is 5.77. The highest BCUT2D eigenvalue weighted by Crippen LogP contribution is 2.34. The third-order valence-electron chi connectivity index (χ3n) is 4.40. The molecule has 1 aliphatic rings. The minimum absolute atomic E-state index is 0.0150. The number of quaternary nitrogens is 1. The lowest BCUT2D eigenvalue weighted by atomic mass is 10.1. The Labute approximate surface area is 153 Å². The van der Waals surface area contributed by atoms with Crippen LogP contribution in [0.15, 0.2) is 42.5 Å². The van der Waals surface area contributed by atoms with Crippen molar-refractivity contribution in [2.75, 3.05) is 27.5 Å². The van der Waals surface area contributed by atoms with Crippen LogP contribution in [-0.2, 0) is 11.3 Å². The quantitative estimate of drug-likeness (QED) is 0.785. The van der Waals surface area contributed by atoms with Gasteiger partial charge in [0, 0.05) is 5.56 Å². The minimum atomic E-state index is -0.0919. The molecule has 6 heteroatoms. The number of nitrogens with one attached hydrogen (secondary N) is 2. The number of benzene rings is 2. The van der Waals surface area contributed by atoms with Crippen LogP contribution >= 0.6 is 0 Å². The molecule has 6 nitrogen and oxygen atoms in total. The summed E-state index contributed by atoms with van der Waals surface area (Å²) in [5.74, 6) is 2.32. The van der Waals surface area contributed by atoms with Gasteiger partial charge >= 0.3 is 0 Å². The van der Waals surface area contributed by atoms with E-state index in [1.807, 2.05) is 56.4 Å². The Bertz CT molecular complexity index is 761. The SMILES string of the molecule is COc1ccc(C[NH+](C)CC(=O)N[C@H](C)c2ccc3c(c2)OCO3)cc1. The molecule has 1 aliphatic heterocycles. The molecule has 0 radical (unpaired) electrons. The van der Waals surface area contributed by atoms with E-state index in [1.54, 1.807) is 7.11 Å². The Morgan fingerprint density at radius 1 is 1.19 bits per heavy atom. The average Bonchev–Trinajstić information content (AvgIpc) is 3.09. The first-order chi connectivity index (χ1) is 12.5. The van der Waals surface area contributed by atoms with E-state index in [-0.39, 0.29) is 18.7 Å². The van der Waals surface area contributed by atoms with Gasteiger partial charge in [-0.3, -0.25) is 4.79 Å². The first-order valence-corrected chi connectivity index (χ1v) is 8.68. The minimum Gasteiger partial charge on any atom is -0.497 e. The van der Waals surface area contributed by atoms with Crippen molar-refractivity contribution < 1.29 is 23.9 Å². The number of carbonyl (C=O) groups excluding carboxylic acids is 1. The molecule has 0 saturated carbocycles. The van der Waals surface area contributed by atoms with Gasteiger partial charge in [-0.2, -0.15) is 0 Å². The van der Waals surface area contributed by atoms with Crippen molar-refractivity contribution in [2.24, 2.45) is 0 Å². The van der Waals surface area contributed by atoms with E-state index < -0.39 is 0 Å². The normalized spacial score (nSPS) is 14.6. The fourth-order valence-corrected chi connectivity index (χ4v) is 2.99. The molecule has 0 saturated heterocycles. The van der Waals surface area contributed by atoms with Gasteiger partial charge in [0.2, 0.25) is 6.79 Å². The lowest BCUT2D eigenvalue weighted by Gasteiger charge is -2.18. The molecule has 2 aromatic carbocycles. The lowest BCUT2D eigenvalue weighted by molar-refractivity contribution is -0.885. The van der Waals surface area contributed by atoms with E-state index in [0.29, 0.717) is 6.54 Å². The maximum Gasteiger partial charge on any atom is 0.275 e. The zero-order chi connectivity index (χ0) is 18.5. The van der Waals surface area contributed by atoms with Gasteiger partial charge in [0.1, 0.15) is 12.3 Å². The Morgan fingerprint density at radius 2 is 1.92 bits per heavy atom. The molecular weight excluding hydrogens is 332 g/mol. The maximum atomic E-state index is 12.4. The van der Waals surface area contributed by atoms with Crippen LogP contribution in [0.5, 0.6) is 17.2 Å². The van der Waals surface area contributed by atoms with Gasteiger partial charge in [-0.15, -0.1) is 0 Å². The molecule has 0 bridgehead atoms. The summed E-state index contributed by atoms with van der Waals surface area (Å²) in [6.07, 6.45) is 0. The summed E-state index contributed by atoms with van der Waals surface area (Å²) in [5, 5.41) is 3.05. The van der Waals surface area contributed by atoms with E-state index in [0.717, 1.165) is 34.3 Å². The van der Waals surface area contributed by atoms with Crippen molar-refractivity contribution >= 4 is 5.91 Å². The summed E-state index contributed by atoms with van der Waals surface area (Å²) in [7, 11) is 3.66. The predicted molar refractivity (Wildman–Crippen MR) is 97.6 cm³/mol. The number of fused-ring (bicyclic) bond motifs is 1. The van der Waals surface area contributed by atoms with Gasteiger partial charge in [0.25, 0.3) is 5.91 Å². The van der Waals surface area contributed by atoms with Crippen LogP contribution in [-0.4, -0.2) is 33.4 Å². The van der Waals surface area contributed by atoms with E-state index in [1.165, 1.54) is 5.56 Å². The number of amides is 1. The van der Waals surface area contributed by atoms with Crippen LogP contribution in [0.4, 0.5) is 0 Å². The molecular formula is C20H25N2O4+. The molecule has 2 aromatic rings. The molecule has 2 atom stereocenters. The number of hydrogen-bond donors (Lipinski definition) is 2. The van der Waals surface area contributed by atoms with Crippen molar-refractivity contribution in [1.29, 1.82) is 0 Å². The Balaban J connectivity index is 1.50. The van der Waals surface area contributed by atoms with Crippen LogP contribution in [0.2, 0.25) is 0 Å². The van der Waals surface area contributed by atoms with Crippen LogP contribution in [0, 0.1) is 0 Å². The first kappa shape index (κ1) is 18.1. The summed E-state index contributed by atoms with van der Waals surface area (Å²) >= 11 is 0. The molecule has 0 aliphatic carbocycles. The smallest absolute Gasteiger partial charge is 0.275 e. The molecule has 138 valence electrons. The van der Waals surface area contributed by atoms with Gasteiger partial charge < -0.3 is 24.4 Å². The molecule has 1 amide bonds. The highest BCUT2D eigenvalue weighted by Gasteiger charge is 2.18. The predicted octanol–water partition coefficient (Wildman–Crippen LogP) is 1.32. The molecule has 3 rings (SSSR count). The van der Waals surface area contributed by atoms with Crippen LogP contribution < -0.4 is 24.4 Å². The molecule has 1 heterocycles. The standard InChI is InChI=1S/C20H24N2O4/c1-14(16-6-9-18-19(10-16)26-13-25-18)21-20(23)12-22(2)11-15-4-7-17(24-3)8-5-15/h4-10,14H,11-13H2,1-3H3,(H,21,23)/p+1/t14-/m1/s1. The van der Waals surface area contributed by atoms with Gasteiger partial charge in [-0.1, -0.05) is 6.07 Å². The van der Waals surface area contributed by atoms with Gasteiger partial charge in [0.15, 0.2) is 18.0 Å². The molecule has 26 heavy (non-hydrogen) atoms. The Morgan fingerprint density at radius 3 is 2.65 bits per heavy atom. The number of carbonyl (C=O) groups is 1. The molecule has 0 aromatic heterocycles. The van der Waals surface area contributed by atoms with Crippen molar-refractivity contribution in [3.8, 4) is 17.2 Å². The van der Waals surface area contributed by atoms with Crippen LogP contribution in [0.1, 0.15) is 24.1 Å². The third kappa shape index (κ3) is 4.46. The third-order valence-corrected chi connectivity index (χ3v) is 4.40. The molecule has 1 unspecified atom stereocenters. The van der Waals surface area contributed by atoms with E-state index >= 15 is 0 Å². The van der Waals surface area contributed by atoms with Crippen molar-refractivity contribution in [1.82, 2.24) is 5.32 Å². The van der Waals surface area contributed by atoms with Crippen molar-refractivity contribution in [3.63, 3.8) is 0 Å². The number of ether oxygens (including phenoxy) is 3. The second kappa shape index (κ2) is 8.10. The monoisotopic (exact) mass is 357 g/mol. The molecule has 0 spiro atoms. The number of rotatable bonds is 7. The Kier molecular flexibility index (Phi) is 5.63. The van der Waals surface area contributed by atoms with E-state index in [9.17, 15) is 4.79 Å². The highest BCUT2D eigenvalue weighted by atomic mass is 16.7. The van der Waals surface area contributed by atoms with Crippen molar-refractivity contribution in [3.05, 3.63) is 53.6 Å². The lowest BCUT2D eigenvalue weighted by Crippen LogP contribution is -3.08. The van der Waals surface area contributed by atoms with Gasteiger partial charge in [-0.25, -0.2) is 0 Å². The summed E-state index contributed by atoms with van der Waals surface area (Å²) < 4.78 is 15.9. The van der Waals surface area contributed by atoms with Crippen molar-refractivity contribution in [2.45, 2.75) is 19.5 Å². The maximum absolute atomic E-state index is 12.4. The second-order valence-corrected chi connectivity index (χ2v) is 6.56. The van der Waals surface area contributed by atoms with E-state index in [2.05, 4.69) is 5.32 Å². The topological polar surface area (TPSA) is 61.2 Å². The van der Waals surface area contributed by atoms with Gasteiger partial charge in [-0.05, 0) is 48.9 Å². The largest absolute Gasteiger partial charge is 0.497 e. The average molecular weight is 357 g/mol. The number of likely N-dealkylation sites (N-methyl/N-ethyl adjacent to an activating group) is 1. The van der Waals surface area contributed by atoms with Gasteiger partial charge in [0.05, 0.1) is 20.2 Å². The zero-order valence-electron chi connectivity index (χ0n) is 15.4. The Hall–Kier alpha value is -2.73. The fourth-order valence-electron chi connectivity index (χ4n) is 2.99. The summed E-state index contributed by atoms with van der Waals surface area (Å²) in [5.41, 5.74) is 2.16. The summed E-state index contributed by atoms with van der Waals surface area (Å²) in [4.78, 5) is 13.5.